The van der Waals surface area contributed by atoms with E-state index in [1.807, 2.05) is 42.5 Å². The van der Waals surface area contributed by atoms with Gasteiger partial charge in [-0.3, -0.25) is 9.69 Å². The number of halogens is 1. The second-order valence-corrected chi connectivity index (χ2v) is 7.63. The van der Waals surface area contributed by atoms with Gasteiger partial charge in [-0.05, 0) is 46.9 Å². The third kappa shape index (κ3) is 5.38. The summed E-state index contributed by atoms with van der Waals surface area (Å²) in [5, 5.41) is 9.07. The SMILES string of the molecule is Cl.[C-]#[N+]c1ccc(CC(=O)c2cccc(CN3CCc4cc(C#N)ccc4C3)c2)cc1. The number of benzene rings is 3. The lowest BCUT2D eigenvalue weighted by Gasteiger charge is -2.29. The van der Waals surface area contributed by atoms with Crippen molar-refractivity contribution >= 4 is 23.9 Å². The Bertz CT molecular complexity index is 1170. The number of hydrogen-bond acceptors (Lipinski definition) is 3. The Morgan fingerprint density at radius 2 is 1.84 bits per heavy atom. The van der Waals surface area contributed by atoms with Crippen LogP contribution in [0.5, 0.6) is 0 Å². The molecule has 0 N–H and O–H groups in total. The van der Waals surface area contributed by atoms with E-state index in [4.69, 9.17) is 11.8 Å². The van der Waals surface area contributed by atoms with Crippen LogP contribution in [0.25, 0.3) is 4.85 Å². The maximum absolute atomic E-state index is 12.7. The zero-order valence-corrected chi connectivity index (χ0v) is 17.9. The Morgan fingerprint density at radius 1 is 1.03 bits per heavy atom. The highest BCUT2D eigenvalue weighted by molar-refractivity contribution is 5.97. The lowest BCUT2D eigenvalue weighted by atomic mass is 9.96. The van der Waals surface area contributed by atoms with E-state index in [0.29, 0.717) is 12.1 Å². The molecule has 0 spiro atoms. The summed E-state index contributed by atoms with van der Waals surface area (Å²) in [5.41, 5.74) is 6.60. The van der Waals surface area contributed by atoms with Crippen molar-refractivity contribution in [2.24, 2.45) is 0 Å². The minimum atomic E-state index is 0. The summed E-state index contributed by atoms with van der Waals surface area (Å²) in [6.45, 7) is 9.60. The summed E-state index contributed by atoms with van der Waals surface area (Å²) in [5.74, 6) is 0.0837. The van der Waals surface area contributed by atoms with Gasteiger partial charge >= 0.3 is 0 Å². The van der Waals surface area contributed by atoms with E-state index in [1.165, 1.54) is 11.1 Å². The van der Waals surface area contributed by atoms with Crippen LogP contribution >= 0.6 is 12.4 Å². The van der Waals surface area contributed by atoms with E-state index in [1.54, 1.807) is 12.1 Å². The zero-order chi connectivity index (χ0) is 20.9. The predicted molar refractivity (Wildman–Crippen MR) is 123 cm³/mol. The van der Waals surface area contributed by atoms with Crippen LogP contribution in [0.1, 0.15) is 38.2 Å². The summed E-state index contributed by atoms with van der Waals surface area (Å²) in [6, 6.07) is 23.2. The molecule has 0 atom stereocenters. The van der Waals surface area contributed by atoms with Crippen molar-refractivity contribution < 1.29 is 4.79 Å². The van der Waals surface area contributed by atoms with Crippen LogP contribution in [-0.2, 0) is 25.9 Å². The molecule has 1 aliphatic heterocycles. The van der Waals surface area contributed by atoms with Gasteiger partial charge in [-0.1, -0.05) is 48.5 Å². The van der Waals surface area contributed by atoms with Crippen LogP contribution in [0.15, 0.2) is 66.7 Å². The van der Waals surface area contributed by atoms with Crippen molar-refractivity contribution in [3.05, 3.63) is 112 Å². The summed E-state index contributed by atoms with van der Waals surface area (Å²) in [7, 11) is 0. The van der Waals surface area contributed by atoms with Crippen LogP contribution < -0.4 is 0 Å². The highest BCUT2D eigenvalue weighted by atomic mass is 35.5. The summed E-state index contributed by atoms with van der Waals surface area (Å²) < 4.78 is 0. The Balaban J connectivity index is 0.00000272. The number of nitrogens with zero attached hydrogens (tertiary/aromatic N) is 3. The zero-order valence-electron chi connectivity index (χ0n) is 17.0. The minimum Gasteiger partial charge on any atom is -0.294 e. The van der Waals surface area contributed by atoms with Gasteiger partial charge in [0.25, 0.3) is 0 Å². The van der Waals surface area contributed by atoms with Crippen molar-refractivity contribution in [2.45, 2.75) is 25.9 Å². The average molecular weight is 428 g/mol. The molecular weight excluding hydrogens is 406 g/mol. The monoisotopic (exact) mass is 427 g/mol. The first-order valence-electron chi connectivity index (χ1n) is 9.97. The fraction of sp³-hybridized carbons (Fsp3) is 0.192. The number of nitriles is 1. The first kappa shape index (κ1) is 22.2. The quantitative estimate of drug-likeness (QED) is 0.398. The summed E-state index contributed by atoms with van der Waals surface area (Å²) in [6.07, 6.45) is 1.27. The molecule has 31 heavy (non-hydrogen) atoms. The van der Waals surface area contributed by atoms with Gasteiger partial charge in [0.15, 0.2) is 11.5 Å². The number of Topliss-reactive ketones (excluding diaryl/α,β-unsaturated/α-hetero) is 1. The first-order valence-corrected chi connectivity index (χ1v) is 9.97. The van der Waals surface area contributed by atoms with Gasteiger partial charge in [0, 0.05) is 31.6 Å². The second kappa shape index (κ2) is 10.0. The molecule has 0 aromatic heterocycles. The van der Waals surface area contributed by atoms with Crippen molar-refractivity contribution in [1.82, 2.24) is 4.90 Å². The van der Waals surface area contributed by atoms with Gasteiger partial charge in [0.05, 0.1) is 18.2 Å². The predicted octanol–water partition coefficient (Wildman–Crippen LogP) is 5.51. The van der Waals surface area contributed by atoms with Crippen LogP contribution in [0, 0.1) is 17.9 Å². The maximum Gasteiger partial charge on any atom is 0.187 e. The third-order valence-electron chi connectivity index (χ3n) is 5.51. The van der Waals surface area contributed by atoms with E-state index in [2.05, 4.69) is 27.9 Å². The Hall–Kier alpha value is -3.44. The third-order valence-corrected chi connectivity index (χ3v) is 5.51. The van der Waals surface area contributed by atoms with E-state index in [-0.39, 0.29) is 18.2 Å². The van der Waals surface area contributed by atoms with Crippen molar-refractivity contribution in [3.8, 4) is 6.07 Å². The van der Waals surface area contributed by atoms with Crippen molar-refractivity contribution in [1.29, 1.82) is 5.26 Å². The first-order chi connectivity index (χ1) is 14.6. The Kier molecular flexibility index (Phi) is 7.21. The van der Waals surface area contributed by atoms with Crippen LogP contribution in [-0.4, -0.2) is 17.2 Å². The number of carbonyl (C=O) groups is 1. The lowest BCUT2D eigenvalue weighted by Crippen LogP contribution is -2.30. The molecule has 0 unspecified atom stereocenters. The van der Waals surface area contributed by atoms with E-state index < -0.39 is 0 Å². The molecule has 3 aromatic carbocycles. The number of ketones is 1. The highest BCUT2D eigenvalue weighted by Gasteiger charge is 2.17. The molecule has 0 saturated carbocycles. The fourth-order valence-corrected chi connectivity index (χ4v) is 3.89. The van der Waals surface area contributed by atoms with Gasteiger partial charge in [0.2, 0.25) is 0 Å². The molecule has 154 valence electrons. The van der Waals surface area contributed by atoms with E-state index >= 15 is 0 Å². The smallest absolute Gasteiger partial charge is 0.187 e. The molecule has 0 amide bonds. The van der Waals surface area contributed by atoms with Gasteiger partial charge < -0.3 is 0 Å². The van der Waals surface area contributed by atoms with Crippen molar-refractivity contribution in [2.75, 3.05) is 6.54 Å². The molecule has 0 radical (unpaired) electrons. The summed E-state index contributed by atoms with van der Waals surface area (Å²) >= 11 is 0. The molecule has 1 heterocycles. The molecule has 4 rings (SSSR count). The molecule has 0 aliphatic carbocycles. The van der Waals surface area contributed by atoms with E-state index in [9.17, 15) is 4.79 Å². The van der Waals surface area contributed by atoms with Gasteiger partial charge in [-0.2, -0.15) is 5.26 Å². The van der Waals surface area contributed by atoms with Crippen molar-refractivity contribution in [3.63, 3.8) is 0 Å². The molecule has 4 nitrogen and oxygen atoms in total. The second-order valence-electron chi connectivity index (χ2n) is 7.63. The van der Waals surface area contributed by atoms with Crippen LogP contribution in [0.2, 0.25) is 0 Å². The molecule has 5 heteroatoms. The number of fused-ring (bicyclic) bond motifs is 1. The summed E-state index contributed by atoms with van der Waals surface area (Å²) in [4.78, 5) is 18.5. The molecule has 0 bridgehead atoms. The minimum absolute atomic E-state index is 0. The van der Waals surface area contributed by atoms with Crippen LogP contribution in [0.4, 0.5) is 5.69 Å². The number of rotatable bonds is 5. The number of carbonyl (C=O) groups excluding carboxylic acids is 1. The Morgan fingerprint density at radius 3 is 2.58 bits per heavy atom. The molecule has 1 aliphatic rings. The highest BCUT2D eigenvalue weighted by Crippen LogP contribution is 2.22. The van der Waals surface area contributed by atoms with Gasteiger partial charge in [-0.15, -0.1) is 12.4 Å². The lowest BCUT2D eigenvalue weighted by molar-refractivity contribution is 0.0992. The molecular formula is C26H22ClN3O. The Labute approximate surface area is 189 Å². The molecule has 0 saturated heterocycles. The average Bonchev–Trinajstić information content (AvgIpc) is 2.79. The van der Waals surface area contributed by atoms with Crippen LogP contribution in [0.3, 0.4) is 0 Å². The standard InChI is InChI=1S/C26H21N3O.ClH/c1-28-25-9-6-19(7-10-25)15-26(30)23-4-2-3-21(14-23)17-29-12-11-22-13-20(16-27)5-8-24(22)18-29;/h2-10,13-14H,11-12,15,17-18H2;1H. The normalized spacial score (nSPS) is 12.7. The number of hydrogen-bond donors (Lipinski definition) is 0. The van der Waals surface area contributed by atoms with Gasteiger partial charge in [0.1, 0.15) is 0 Å². The maximum atomic E-state index is 12.7. The van der Waals surface area contributed by atoms with Gasteiger partial charge in [-0.25, -0.2) is 4.85 Å². The molecule has 0 fully saturated rings. The fourth-order valence-electron chi connectivity index (χ4n) is 3.89. The van der Waals surface area contributed by atoms with E-state index in [0.717, 1.165) is 48.3 Å². The largest absolute Gasteiger partial charge is 0.294 e. The molecule has 3 aromatic rings. The topological polar surface area (TPSA) is 48.5 Å².